The maximum Gasteiger partial charge on any atom is 0.460 e. The van der Waals surface area contributed by atoms with Crippen LogP contribution in [-0.4, -0.2) is 47.9 Å². The summed E-state index contributed by atoms with van der Waals surface area (Å²) in [4.78, 5) is 11.7. The molecule has 2 saturated carbocycles. The van der Waals surface area contributed by atoms with Crippen molar-refractivity contribution in [1.29, 1.82) is 0 Å². The first kappa shape index (κ1) is 33.8. The molecule has 0 aliphatic heterocycles. The zero-order chi connectivity index (χ0) is 30.1. The van der Waals surface area contributed by atoms with E-state index in [4.69, 9.17) is 0 Å². The first-order valence-electron chi connectivity index (χ1n) is 12.8. The summed E-state index contributed by atoms with van der Waals surface area (Å²) < 4.78 is 176. The minimum Gasteiger partial charge on any atom is -0.458 e. The van der Waals surface area contributed by atoms with Crippen LogP contribution in [0.15, 0.2) is 0 Å². The quantitative estimate of drug-likeness (QED) is 0.135. The Balaban J connectivity index is 2.00. The van der Waals surface area contributed by atoms with Crippen LogP contribution in [-0.2, 0) is 9.53 Å². The van der Waals surface area contributed by atoms with E-state index in [0.717, 1.165) is 51.4 Å². The third-order valence-corrected chi connectivity index (χ3v) is 7.96. The van der Waals surface area contributed by atoms with Crippen LogP contribution >= 0.6 is 0 Å². The number of halogens is 13. The Bertz CT molecular complexity index is 809. The summed E-state index contributed by atoms with van der Waals surface area (Å²) in [5.41, 5.74) is 0. The molecule has 230 valence electrons. The number of hydrogen-bond donors (Lipinski definition) is 0. The van der Waals surface area contributed by atoms with E-state index in [0.29, 0.717) is 24.7 Å². The van der Waals surface area contributed by atoms with Crippen molar-refractivity contribution in [2.75, 3.05) is 0 Å². The number of alkyl halides is 13. The van der Waals surface area contributed by atoms with Gasteiger partial charge in [-0.2, -0.15) is 57.1 Å². The van der Waals surface area contributed by atoms with Gasteiger partial charge in [0.2, 0.25) is 0 Å². The average molecular weight is 598 g/mol. The molecule has 0 atom stereocenters. The van der Waals surface area contributed by atoms with Crippen molar-refractivity contribution in [3.05, 3.63) is 0 Å². The van der Waals surface area contributed by atoms with Gasteiger partial charge in [0.25, 0.3) is 0 Å². The van der Waals surface area contributed by atoms with Crippen molar-refractivity contribution in [3.8, 4) is 0 Å². The van der Waals surface area contributed by atoms with E-state index in [1.807, 2.05) is 0 Å². The van der Waals surface area contributed by atoms with E-state index in [-0.39, 0.29) is 18.8 Å². The Labute approximate surface area is 217 Å². The predicted molar refractivity (Wildman–Crippen MR) is 112 cm³/mol. The number of hydrogen-bond acceptors (Lipinski definition) is 2. The Hall–Kier alpha value is -1.44. The molecule has 0 unspecified atom stereocenters. The number of esters is 1. The van der Waals surface area contributed by atoms with Gasteiger partial charge in [-0.3, -0.25) is 0 Å². The molecule has 0 radical (unpaired) electrons. The molecule has 0 spiro atoms. The van der Waals surface area contributed by atoms with E-state index < -0.39 is 47.9 Å². The summed E-state index contributed by atoms with van der Waals surface area (Å²) in [6.45, 7) is 2.10. The van der Waals surface area contributed by atoms with E-state index >= 15 is 0 Å². The highest BCUT2D eigenvalue weighted by molar-refractivity contribution is 5.79. The van der Waals surface area contributed by atoms with Crippen LogP contribution in [0.3, 0.4) is 0 Å². The van der Waals surface area contributed by atoms with Gasteiger partial charge in [-0.05, 0) is 56.3 Å². The van der Waals surface area contributed by atoms with Gasteiger partial charge in [-0.15, -0.1) is 0 Å². The van der Waals surface area contributed by atoms with Gasteiger partial charge >= 0.3 is 41.8 Å². The fourth-order valence-corrected chi connectivity index (χ4v) is 5.43. The molecule has 39 heavy (non-hydrogen) atoms. The van der Waals surface area contributed by atoms with Crippen LogP contribution in [0.4, 0.5) is 57.1 Å². The van der Waals surface area contributed by atoms with Gasteiger partial charge < -0.3 is 4.74 Å². The van der Waals surface area contributed by atoms with E-state index in [1.165, 1.54) is 0 Å². The fourth-order valence-electron chi connectivity index (χ4n) is 5.43. The van der Waals surface area contributed by atoms with Crippen molar-refractivity contribution in [3.63, 3.8) is 0 Å². The largest absolute Gasteiger partial charge is 0.460 e. The van der Waals surface area contributed by atoms with Gasteiger partial charge in [0, 0.05) is 0 Å². The second-order valence-corrected chi connectivity index (χ2v) is 10.6. The first-order valence-corrected chi connectivity index (χ1v) is 12.8. The fraction of sp³-hybridized carbons (Fsp3) is 0.958. The Morgan fingerprint density at radius 2 is 1.05 bits per heavy atom. The van der Waals surface area contributed by atoms with Crippen LogP contribution in [0.1, 0.15) is 84.0 Å². The molecule has 0 heterocycles. The molecule has 0 aromatic heterocycles. The summed E-state index contributed by atoms with van der Waals surface area (Å²) in [5, 5.41) is 0. The summed E-state index contributed by atoms with van der Waals surface area (Å²) in [6.07, 6.45) is -0.234. The molecule has 0 aromatic rings. The SMILES string of the molecule is CCCCCC1CCC(C2CCC(OC(=O)C(F)(F)C(F)(F)C(F)(F)C(F)(F)C(F)(F)C(F)(F)F)CC2)CC1. The number of rotatable bonds is 11. The van der Waals surface area contributed by atoms with Crippen molar-refractivity contribution < 1.29 is 66.6 Å². The number of unbranched alkanes of at least 4 members (excludes halogenated alkanes) is 2. The molecular weight excluding hydrogens is 567 g/mol. The summed E-state index contributed by atoms with van der Waals surface area (Å²) in [5.74, 6) is -40.8. The second-order valence-electron chi connectivity index (χ2n) is 10.6. The number of carbonyl (C=O) groups excluding carboxylic acids is 1. The zero-order valence-corrected chi connectivity index (χ0v) is 21.0. The average Bonchev–Trinajstić information content (AvgIpc) is 2.84. The highest BCUT2D eigenvalue weighted by Crippen LogP contribution is 2.60. The Morgan fingerprint density at radius 1 is 0.615 bits per heavy atom. The molecule has 15 heteroatoms. The van der Waals surface area contributed by atoms with Crippen LogP contribution < -0.4 is 0 Å². The molecule has 0 bridgehead atoms. The lowest BCUT2D eigenvalue weighted by molar-refractivity contribution is -0.437. The molecule has 0 saturated heterocycles. The standard InChI is InChI=1S/C24H31F13O2/c1-2-3-4-5-14-6-8-15(9-7-14)16-10-12-17(13-11-16)39-18(38)19(25,26)20(27,28)21(29,30)22(31,32)23(33,34)24(35,36)37/h14-17H,2-13H2,1H3. The Kier molecular flexibility index (Phi) is 10.2. The van der Waals surface area contributed by atoms with Crippen LogP contribution in [0.5, 0.6) is 0 Å². The van der Waals surface area contributed by atoms with Crippen molar-refractivity contribution in [2.45, 2.75) is 126 Å². The summed E-state index contributed by atoms with van der Waals surface area (Å²) >= 11 is 0. The highest BCUT2D eigenvalue weighted by Gasteiger charge is 2.92. The maximum absolute atomic E-state index is 14.0. The smallest absolute Gasteiger partial charge is 0.458 e. The normalized spacial score (nSPS) is 26.4. The predicted octanol–water partition coefficient (Wildman–Crippen LogP) is 9.21. The second kappa shape index (κ2) is 11.8. The number of ether oxygens (including phenoxy) is 1. The zero-order valence-electron chi connectivity index (χ0n) is 21.0. The monoisotopic (exact) mass is 598 g/mol. The minimum absolute atomic E-state index is 0.103. The van der Waals surface area contributed by atoms with E-state index in [9.17, 15) is 61.9 Å². The lowest BCUT2D eigenvalue weighted by Crippen LogP contribution is -2.71. The molecule has 0 N–H and O–H groups in total. The van der Waals surface area contributed by atoms with E-state index in [1.54, 1.807) is 0 Å². The lowest BCUT2D eigenvalue weighted by atomic mass is 9.70. The third-order valence-electron chi connectivity index (χ3n) is 7.96. The molecular formula is C24H31F13O2. The third kappa shape index (κ3) is 6.41. The summed E-state index contributed by atoms with van der Waals surface area (Å²) in [7, 11) is 0. The van der Waals surface area contributed by atoms with Gasteiger partial charge in [-0.25, -0.2) is 4.79 Å². The minimum atomic E-state index is -8.04. The molecule has 2 rings (SSSR count). The van der Waals surface area contributed by atoms with Gasteiger partial charge in [0.05, 0.1) is 0 Å². The van der Waals surface area contributed by atoms with Gasteiger partial charge in [0.1, 0.15) is 6.10 Å². The van der Waals surface area contributed by atoms with Crippen molar-refractivity contribution >= 4 is 5.97 Å². The topological polar surface area (TPSA) is 26.3 Å². The van der Waals surface area contributed by atoms with Crippen LogP contribution in [0.2, 0.25) is 0 Å². The molecule has 0 amide bonds. The lowest BCUT2D eigenvalue weighted by Gasteiger charge is -2.40. The Morgan fingerprint density at radius 3 is 1.49 bits per heavy atom. The highest BCUT2D eigenvalue weighted by atomic mass is 19.4. The van der Waals surface area contributed by atoms with Crippen molar-refractivity contribution in [1.82, 2.24) is 0 Å². The van der Waals surface area contributed by atoms with Crippen molar-refractivity contribution in [2.24, 2.45) is 17.8 Å². The molecule has 2 fully saturated rings. The summed E-state index contributed by atoms with van der Waals surface area (Å²) in [6, 6.07) is 0. The van der Waals surface area contributed by atoms with Crippen LogP contribution in [0, 0.1) is 17.8 Å². The molecule has 2 nitrogen and oxygen atoms in total. The van der Waals surface area contributed by atoms with E-state index in [2.05, 4.69) is 11.7 Å². The van der Waals surface area contributed by atoms with Crippen LogP contribution in [0.25, 0.3) is 0 Å². The maximum atomic E-state index is 14.0. The first-order chi connectivity index (χ1) is 17.6. The number of carbonyl (C=O) groups is 1. The van der Waals surface area contributed by atoms with Gasteiger partial charge in [-0.1, -0.05) is 45.4 Å². The molecule has 2 aliphatic rings. The molecule has 2 aliphatic carbocycles. The molecule has 0 aromatic carbocycles. The van der Waals surface area contributed by atoms with Gasteiger partial charge in [0.15, 0.2) is 0 Å².